The number of sulfonamides is 1. The minimum atomic E-state index is -3.11. The Hall–Kier alpha value is -0.170. The summed E-state index contributed by atoms with van der Waals surface area (Å²) >= 11 is 0. The van der Waals surface area contributed by atoms with Gasteiger partial charge in [-0.1, -0.05) is 13.3 Å². The molecule has 1 aliphatic heterocycles. The summed E-state index contributed by atoms with van der Waals surface area (Å²) < 4.78 is 24.6. The number of aliphatic hydroxyl groups is 1. The number of nitrogens with two attached hydrogens (primary N) is 1. The van der Waals surface area contributed by atoms with Crippen LogP contribution in [0.3, 0.4) is 0 Å². The van der Waals surface area contributed by atoms with Gasteiger partial charge in [0.05, 0.1) is 11.9 Å². The van der Waals surface area contributed by atoms with Gasteiger partial charge in [-0.15, -0.1) is 0 Å². The van der Waals surface area contributed by atoms with Crippen molar-refractivity contribution in [1.82, 2.24) is 4.31 Å². The van der Waals surface area contributed by atoms with Gasteiger partial charge in [0.15, 0.2) is 0 Å². The van der Waals surface area contributed by atoms with Crippen molar-refractivity contribution in [1.29, 1.82) is 0 Å². The van der Waals surface area contributed by atoms with Crippen LogP contribution in [0.4, 0.5) is 0 Å². The first-order valence-electron chi connectivity index (χ1n) is 6.68. The summed E-state index contributed by atoms with van der Waals surface area (Å²) in [6.45, 7) is 3.38. The van der Waals surface area contributed by atoms with Gasteiger partial charge in [0.1, 0.15) is 0 Å². The van der Waals surface area contributed by atoms with E-state index >= 15 is 0 Å². The Labute approximate surface area is 110 Å². The van der Waals surface area contributed by atoms with Crippen molar-refractivity contribution < 1.29 is 13.5 Å². The van der Waals surface area contributed by atoms with Crippen LogP contribution in [0, 0.1) is 5.92 Å². The van der Waals surface area contributed by atoms with Gasteiger partial charge in [0.2, 0.25) is 10.0 Å². The molecule has 0 saturated carbocycles. The Morgan fingerprint density at radius 2 is 2.17 bits per heavy atom. The molecule has 108 valence electrons. The minimum Gasteiger partial charge on any atom is -0.389 e. The molecule has 18 heavy (non-hydrogen) atoms. The summed E-state index contributed by atoms with van der Waals surface area (Å²) in [5.74, 6) is 0.216. The van der Waals surface area contributed by atoms with E-state index in [-0.39, 0.29) is 12.5 Å². The molecule has 1 rings (SSSR count). The lowest BCUT2D eigenvalue weighted by molar-refractivity contribution is 0.00747. The third-order valence-electron chi connectivity index (χ3n) is 3.71. The molecular weight excluding hydrogens is 252 g/mol. The first-order chi connectivity index (χ1) is 8.30. The molecule has 3 N–H and O–H groups in total. The summed E-state index contributed by atoms with van der Waals surface area (Å²) in [4.78, 5) is 0. The van der Waals surface area contributed by atoms with Crippen LogP contribution in [0.25, 0.3) is 0 Å². The van der Waals surface area contributed by atoms with Crippen LogP contribution in [0.2, 0.25) is 0 Å². The number of hydrogen-bond donors (Lipinski definition) is 2. The molecular formula is C12H26N2O3S. The third kappa shape index (κ3) is 4.50. The molecule has 0 spiro atoms. The second-order valence-corrected chi connectivity index (χ2v) is 7.49. The lowest BCUT2D eigenvalue weighted by Gasteiger charge is -2.36. The standard InChI is InChI=1S/C12H26N2O3S/c1-3-6-12(15,10-13)8-11-5-4-7-14(9-11)18(2,16)17/h11,15H,3-10,13H2,1-2H3. The van der Waals surface area contributed by atoms with Gasteiger partial charge < -0.3 is 10.8 Å². The maximum Gasteiger partial charge on any atom is 0.211 e. The predicted octanol–water partition coefficient (Wildman–Crippen LogP) is 0.538. The molecule has 2 atom stereocenters. The quantitative estimate of drug-likeness (QED) is 0.742. The Bertz CT molecular complexity index is 358. The van der Waals surface area contributed by atoms with E-state index in [9.17, 15) is 13.5 Å². The van der Waals surface area contributed by atoms with Gasteiger partial charge in [-0.25, -0.2) is 12.7 Å². The first-order valence-corrected chi connectivity index (χ1v) is 8.53. The zero-order chi connectivity index (χ0) is 13.8. The van der Waals surface area contributed by atoms with Gasteiger partial charge in [0.25, 0.3) is 0 Å². The van der Waals surface area contributed by atoms with E-state index in [0.29, 0.717) is 25.9 Å². The summed E-state index contributed by atoms with van der Waals surface area (Å²) in [7, 11) is -3.11. The third-order valence-corrected chi connectivity index (χ3v) is 4.98. The maximum atomic E-state index is 11.5. The highest BCUT2D eigenvalue weighted by atomic mass is 32.2. The van der Waals surface area contributed by atoms with Crippen LogP contribution >= 0.6 is 0 Å². The monoisotopic (exact) mass is 278 g/mol. The number of hydrogen-bond acceptors (Lipinski definition) is 4. The fourth-order valence-corrected chi connectivity index (χ4v) is 3.73. The molecule has 1 heterocycles. The van der Waals surface area contributed by atoms with Crippen molar-refractivity contribution in [2.24, 2.45) is 11.7 Å². The molecule has 6 heteroatoms. The van der Waals surface area contributed by atoms with Crippen LogP contribution in [-0.2, 0) is 10.0 Å². The Kier molecular flexibility index (Phi) is 5.58. The number of nitrogens with zero attached hydrogens (tertiary/aromatic N) is 1. The van der Waals surface area contributed by atoms with E-state index in [2.05, 4.69) is 0 Å². The second kappa shape index (κ2) is 6.32. The zero-order valence-corrected chi connectivity index (χ0v) is 12.2. The summed E-state index contributed by atoms with van der Waals surface area (Å²) in [5, 5.41) is 10.4. The molecule has 0 aliphatic carbocycles. The summed E-state index contributed by atoms with van der Waals surface area (Å²) in [6.07, 6.45) is 5.25. The SMILES string of the molecule is CCCC(O)(CN)CC1CCCN(S(C)(=O)=O)C1. The summed E-state index contributed by atoms with van der Waals surface area (Å²) in [6, 6.07) is 0. The second-order valence-electron chi connectivity index (χ2n) is 5.51. The molecule has 0 aromatic carbocycles. The van der Waals surface area contributed by atoms with Gasteiger partial charge in [-0.3, -0.25) is 0 Å². The molecule has 0 aromatic heterocycles. The lowest BCUT2D eigenvalue weighted by Crippen LogP contribution is -2.45. The van der Waals surface area contributed by atoms with Crippen LogP contribution in [0.1, 0.15) is 39.0 Å². The molecule has 1 fully saturated rings. The van der Waals surface area contributed by atoms with E-state index < -0.39 is 15.6 Å². The highest BCUT2D eigenvalue weighted by Gasteiger charge is 2.32. The smallest absolute Gasteiger partial charge is 0.211 e. The molecule has 1 saturated heterocycles. The van der Waals surface area contributed by atoms with Crippen molar-refractivity contribution in [2.75, 3.05) is 25.9 Å². The zero-order valence-electron chi connectivity index (χ0n) is 11.4. The normalized spacial score (nSPS) is 25.9. The molecule has 0 radical (unpaired) electrons. The Balaban J connectivity index is 2.62. The Morgan fingerprint density at radius 3 is 2.67 bits per heavy atom. The fraction of sp³-hybridized carbons (Fsp3) is 1.00. The fourth-order valence-electron chi connectivity index (χ4n) is 2.78. The van der Waals surface area contributed by atoms with E-state index in [0.717, 1.165) is 19.3 Å². The topological polar surface area (TPSA) is 83.6 Å². The summed E-state index contributed by atoms with van der Waals surface area (Å²) in [5.41, 5.74) is 4.82. The van der Waals surface area contributed by atoms with Crippen molar-refractivity contribution in [3.8, 4) is 0 Å². The van der Waals surface area contributed by atoms with Gasteiger partial charge in [0, 0.05) is 19.6 Å². The molecule has 2 unspecified atom stereocenters. The van der Waals surface area contributed by atoms with Crippen LogP contribution in [-0.4, -0.2) is 49.3 Å². The average Bonchev–Trinajstić information content (AvgIpc) is 2.28. The molecule has 1 aliphatic rings. The average molecular weight is 278 g/mol. The molecule has 0 amide bonds. The molecule has 5 nitrogen and oxygen atoms in total. The van der Waals surface area contributed by atoms with Crippen molar-refractivity contribution in [3.63, 3.8) is 0 Å². The van der Waals surface area contributed by atoms with Crippen molar-refractivity contribution in [3.05, 3.63) is 0 Å². The highest BCUT2D eigenvalue weighted by molar-refractivity contribution is 7.88. The Morgan fingerprint density at radius 1 is 1.50 bits per heavy atom. The number of rotatable bonds is 6. The van der Waals surface area contributed by atoms with Gasteiger partial charge >= 0.3 is 0 Å². The molecule has 0 aromatic rings. The van der Waals surface area contributed by atoms with E-state index in [1.807, 2.05) is 6.92 Å². The first kappa shape index (κ1) is 15.9. The van der Waals surface area contributed by atoms with Crippen molar-refractivity contribution >= 4 is 10.0 Å². The lowest BCUT2D eigenvalue weighted by atomic mass is 9.83. The number of piperidine rings is 1. The molecule has 0 bridgehead atoms. The largest absolute Gasteiger partial charge is 0.389 e. The van der Waals surface area contributed by atoms with Crippen molar-refractivity contribution in [2.45, 2.75) is 44.6 Å². The van der Waals surface area contributed by atoms with Gasteiger partial charge in [-0.2, -0.15) is 0 Å². The van der Waals surface area contributed by atoms with E-state index in [1.54, 1.807) is 0 Å². The highest BCUT2D eigenvalue weighted by Crippen LogP contribution is 2.28. The van der Waals surface area contributed by atoms with Crippen LogP contribution < -0.4 is 5.73 Å². The predicted molar refractivity (Wildman–Crippen MR) is 72.7 cm³/mol. The van der Waals surface area contributed by atoms with E-state index in [4.69, 9.17) is 5.73 Å². The maximum absolute atomic E-state index is 11.5. The minimum absolute atomic E-state index is 0.216. The van der Waals surface area contributed by atoms with Crippen LogP contribution in [0.5, 0.6) is 0 Å². The van der Waals surface area contributed by atoms with E-state index in [1.165, 1.54) is 10.6 Å². The van der Waals surface area contributed by atoms with Crippen LogP contribution in [0.15, 0.2) is 0 Å². The van der Waals surface area contributed by atoms with Gasteiger partial charge in [-0.05, 0) is 31.6 Å².